The first kappa shape index (κ1) is 27.2. The number of rotatable bonds is 2. The van der Waals surface area contributed by atoms with Gasteiger partial charge in [-0.1, -0.05) is 140 Å². The van der Waals surface area contributed by atoms with Crippen LogP contribution >= 0.6 is 0 Å². The van der Waals surface area contributed by atoms with Gasteiger partial charge in [-0.3, -0.25) is 9.36 Å². The molecule has 0 amide bonds. The fraction of sp³-hybridized carbons (Fsp3) is 0.0889. The predicted octanol–water partition coefficient (Wildman–Crippen LogP) is 10.2. The molecule has 0 saturated heterocycles. The molecule has 7 aromatic rings. The van der Waals surface area contributed by atoms with Gasteiger partial charge in [-0.25, -0.2) is 0 Å². The molecule has 3 heterocycles. The highest BCUT2D eigenvalue weighted by Gasteiger charge is 2.51. The fourth-order valence-electron chi connectivity index (χ4n) is 8.94. The largest absolute Gasteiger partial charge is 0.310 e. The van der Waals surface area contributed by atoms with E-state index in [0.717, 1.165) is 49.9 Å². The number of anilines is 2. The van der Waals surface area contributed by atoms with Gasteiger partial charge in [-0.15, -0.1) is 0 Å². The number of fused-ring (bicyclic) bond motifs is 10. The number of hydrogen-bond donors (Lipinski definition) is 0. The predicted molar refractivity (Wildman–Crippen MR) is 197 cm³/mol. The summed E-state index contributed by atoms with van der Waals surface area (Å²) in [5.41, 5.74) is 10.8. The number of hydrogen-bond acceptors (Lipinski definition) is 2. The molecule has 10 rings (SSSR count). The molecular weight excluding hydrogens is 585 g/mol. The second-order valence-electron chi connectivity index (χ2n) is 13.3. The molecule has 1 aliphatic carbocycles. The van der Waals surface area contributed by atoms with E-state index in [1.165, 1.54) is 22.4 Å². The summed E-state index contributed by atoms with van der Waals surface area (Å²) in [6.07, 6.45) is 7.11. The third kappa shape index (κ3) is 3.45. The van der Waals surface area contributed by atoms with Crippen LogP contribution in [0.1, 0.15) is 40.7 Å². The van der Waals surface area contributed by atoms with Crippen LogP contribution in [0.5, 0.6) is 0 Å². The van der Waals surface area contributed by atoms with E-state index < -0.39 is 5.41 Å². The lowest BCUT2D eigenvalue weighted by atomic mass is 9.60. The topological polar surface area (TPSA) is 25.2 Å². The Hall–Kier alpha value is -5.93. The first-order valence-electron chi connectivity index (χ1n) is 16.8. The molecule has 0 radical (unpaired) electrons. The Bertz CT molecular complexity index is 2530. The summed E-state index contributed by atoms with van der Waals surface area (Å²) >= 11 is 0. The van der Waals surface area contributed by atoms with Crippen LogP contribution in [-0.2, 0) is 5.41 Å². The van der Waals surface area contributed by atoms with Crippen LogP contribution in [0.4, 0.5) is 11.4 Å². The molecule has 2 unspecified atom stereocenters. The average molecular weight is 617 g/mol. The summed E-state index contributed by atoms with van der Waals surface area (Å²) in [6, 6.07) is 51.7. The molecule has 0 saturated carbocycles. The zero-order valence-corrected chi connectivity index (χ0v) is 26.5. The van der Waals surface area contributed by atoms with E-state index in [2.05, 4.69) is 157 Å². The van der Waals surface area contributed by atoms with Crippen molar-refractivity contribution < 1.29 is 0 Å². The molecule has 6 aromatic carbocycles. The minimum absolute atomic E-state index is 0.0197. The molecule has 228 valence electrons. The minimum Gasteiger partial charge on any atom is -0.310 e. The van der Waals surface area contributed by atoms with Crippen molar-refractivity contribution in [1.82, 2.24) is 4.57 Å². The number of pyridine rings is 1. The van der Waals surface area contributed by atoms with E-state index in [0.29, 0.717) is 11.8 Å². The SMILES string of the molecule is CC1C=C(N2c3ccccc3C3(c4ccccc42)c2ccccc2-n2c(=O)c4ccccc4c4cccc3c42)C=CC1c1ccccc1. The van der Waals surface area contributed by atoms with Crippen LogP contribution in [0.2, 0.25) is 0 Å². The third-order valence-electron chi connectivity index (χ3n) is 10.9. The normalized spacial score (nSPS) is 18.4. The van der Waals surface area contributed by atoms with Crippen molar-refractivity contribution in [1.29, 1.82) is 0 Å². The van der Waals surface area contributed by atoms with Gasteiger partial charge in [0.15, 0.2) is 0 Å². The Morgan fingerprint density at radius 1 is 0.542 bits per heavy atom. The molecule has 0 N–H and O–H groups in total. The van der Waals surface area contributed by atoms with Crippen molar-refractivity contribution >= 4 is 33.1 Å². The first-order chi connectivity index (χ1) is 23.7. The molecule has 2 aliphatic heterocycles. The van der Waals surface area contributed by atoms with Crippen molar-refractivity contribution in [3.8, 4) is 5.69 Å². The van der Waals surface area contributed by atoms with E-state index in [9.17, 15) is 4.79 Å². The van der Waals surface area contributed by atoms with Gasteiger partial charge >= 0.3 is 0 Å². The second kappa shape index (κ2) is 10.0. The molecule has 3 aliphatic rings. The van der Waals surface area contributed by atoms with Gasteiger partial charge in [0.05, 0.1) is 28.0 Å². The van der Waals surface area contributed by atoms with Gasteiger partial charge in [-0.05, 0) is 69.5 Å². The highest BCUT2D eigenvalue weighted by atomic mass is 16.1. The number of benzene rings is 6. The molecular formula is C45H32N2O. The Morgan fingerprint density at radius 3 is 1.77 bits per heavy atom. The molecule has 2 atom stereocenters. The Balaban J connectivity index is 1.30. The lowest BCUT2D eigenvalue weighted by Gasteiger charge is -2.49. The van der Waals surface area contributed by atoms with Gasteiger partial charge in [0.25, 0.3) is 5.56 Å². The van der Waals surface area contributed by atoms with E-state index in [1.807, 2.05) is 22.8 Å². The summed E-state index contributed by atoms with van der Waals surface area (Å²) in [7, 11) is 0. The Morgan fingerprint density at radius 2 is 1.08 bits per heavy atom. The van der Waals surface area contributed by atoms with E-state index >= 15 is 0 Å². The molecule has 1 spiro atoms. The number of allylic oxidation sites excluding steroid dienone is 3. The summed E-state index contributed by atoms with van der Waals surface area (Å²) in [4.78, 5) is 16.9. The fourth-order valence-corrected chi connectivity index (χ4v) is 8.94. The van der Waals surface area contributed by atoms with Gasteiger partial charge in [0.2, 0.25) is 0 Å². The Kier molecular flexibility index (Phi) is 5.69. The summed E-state index contributed by atoms with van der Waals surface area (Å²) < 4.78 is 1.98. The van der Waals surface area contributed by atoms with Gasteiger partial charge in [0, 0.05) is 22.4 Å². The second-order valence-corrected chi connectivity index (χ2v) is 13.3. The number of para-hydroxylation sites is 4. The van der Waals surface area contributed by atoms with Crippen molar-refractivity contribution in [2.24, 2.45) is 5.92 Å². The zero-order valence-electron chi connectivity index (χ0n) is 26.5. The molecule has 0 fully saturated rings. The maximum Gasteiger partial charge on any atom is 0.263 e. The van der Waals surface area contributed by atoms with Crippen LogP contribution in [0.3, 0.4) is 0 Å². The van der Waals surface area contributed by atoms with E-state index in [4.69, 9.17) is 0 Å². The standard InChI is InChI=1S/C45H32N2O/c1-29-28-31(26-27-32(29)30-14-3-2-4-15-30)46-40-23-10-7-19-36(40)45(37-20-8-11-24-41(37)46)38-21-9-12-25-42(38)47-43-34(18-13-22-39(43)45)33-16-5-6-17-35(33)44(47)48/h2-29,32H,1H3. The van der Waals surface area contributed by atoms with Crippen LogP contribution in [0, 0.1) is 5.92 Å². The highest BCUT2D eigenvalue weighted by Crippen LogP contribution is 2.60. The van der Waals surface area contributed by atoms with Crippen molar-refractivity contribution in [2.45, 2.75) is 18.3 Å². The lowest BCUT2D eigenvalue weighted by Crippen LogP contribution is -2.43. The Labute approximate surface area is 279 Å². The maximum absolute atomic E-state index is 14.4. The zero-order chi connectivity index (χ0) is 32.0. The third-order valence-corrected chi connectivity index (χ3v) is 10.9. The first-order valence-corrected chi connectivity index (χ1v) is 16.8. The van der Waals surface area contributed by atoms with Gasteiger partial charge in [-0.2, -0.15) is 0 Å². The van der Waals surface area contributed by atoms with Gasteiger partial charge in [0.1, 0.15) is 0 Å². The number of nitrogens with zero attached hydrogens (tertiary/aromatic N) is 2. The van der Waals surface area contributed by atoms with Crippen molar-refractivity contribution in [3.05, 3.63) is 208 Å². The maximum atomic E-state index is 14.4. The minimum atomic E-state index is -0.647. The molecule has 3 nitrogen and oxygen atoms in total. The molecule has 3 heteroatoms. The smallest absolute Gasteiger partial charge is 0.263 e. The molecule has 48 heavy (non-hydrogen) atoms. The van der Waals surface area contributed by atoms with E-state index in [-0.39, 0.29) is 5.56 Å². The quantitative estimate of drug-likeness (QED) is 0.181. The van der Waals surface area contributed by atoms with Crippen LogP contribution < -0.4 is 10.5 Å². The summed E-state index contributed by atoms with van der Waals surface area (Å²) in [6.45, 7) is 2.32. The highest BCUT2D eigenvalue weighted by molar-refractivity contribution is 6.09. The lowest BCUT2D eigenvalue weighted by molar-refractivity contribution is 0.627. The van der Waals surface area contributed by atoms with Crippen LogP contribution in [0.15, 0.2) is 174 Å². The van der Waals surface area contributed by atoms with Crippen molar-refractivity contribution in [3.63, 3.8) is 0 Å². The summed E-state index contributed by atoms with van der Waals surface area (Å²) in [5, 5.41) is 2.82. The average Bonchev–Trinajstić information content (AvgIpc) is 3.14. The monoisotopic (exact) mass is 616 g/mol. The molecule has 1 aromatic heterocycles. The summed E-state index contributed by atoms with van der Waals surface area (Å²) in [5.74, 6) is 0.642. The molecule has 0 bridgehead atoms. The van der Waals surface area contributed by atoms with Gasteiger partial charge < -0.3 is 4.90 Å². The number of aromatic nitrogens is 1. The van der Waals surface area contributed by atoms with Crippen LogP contribution in [0.25, 0.3) is 27.4 Å². The van der Waals surface area contributed by atoms with Crippen LogP contribution in [-0.4, -0.2) is 4.57 Å². The van der Waals surface area contributed by atoms with Crippen molar-refractivity contribution in [2.75, 3.05) is 4.90 Å². The van der Waals surface area contributed by atoms with E-state index in [1.54, 1.807) is 0 Å².